The summed E-state index contributed by atoms with van der Waals surface area (Å²) in [6.45, 7) is 0.738. The number of nitrogens with one attached hydrogen (secondary N) is 1. The summed E-state index contributed by atoms with van der Waals surface area (Å²) >= 11 is 5.81. The van der Waals surface area contributed by atoms with Crippen LogP contribution in [-0.2, 0) is 6.54 Å². The van der Waals surface area contributed by atoms with E-state index in [-0.39, 0.29) is 18.2 Å². The number of benzene rings is 2. The van der Waals surface area contributed by atoms with Gasteiger partial charge in [-0.05, 0) is 23.8 Å². The Morgan fingerprint density at radius 1 is 1.06 bits per heavy atom. The smallest absolute Gasteiger partial charge is 0.134 e. The minimum Gasteiger partial charge on any atom is -0.506 e. The number of hydrogen-bond donors (Lipinski definition) is 2. The van der Waals surface area contributed by atoms with Gasteiger partial charge in [0.05, 0.1) is 5.02 Å². The third-order valence-corrected chi connectivity index (χ3v) is 2.59. The van der Waals surface area contributed by atoms with E-state index in [1.165, 1.54) is 5.56 Å². The van der Waals surface area contributed by atoms with Crippen LogP contribution in [-0.4, -0.2) is 5.11 Å². The maximum atomic E-state index is 9.27. The third kappa shape index (κ3) is 3.84. The molecule has 0 spiro atoms. The van der Waals surface area contributed by atoms with Gasteiger partial charge in [0.2, 0.25) is 0 Å². The Bertz CT molecular complexity index is 474. The lowest BCUT2D eigenvalue weighted by Gasteiger charge is -2.07. The molecular weight excluding hydrogens is 257 g/mol. The first-order valence-corrected chi connectivity index (χ1v) is 5.40. The van der Waals surface area contributed by atoms with Crippen molar-refractivity contribution in [2.45, 2.75) is 6.54 Å². The number of rotatable bonds is 3. The van der Waals surface area contributed by atoms with Gasteiger partial charge < -0.3 is 10.4 Å². The van der Waals surface area contributed by atoms with Gasteiger partial charge in [-0.3, -0.25) is 0 Å². The minimum atomic E-state index is 0. The maximum Gasteiger partial charge on any atom is 0.134 e. The molecule has 0 aliphatic heterocycles. The lowest BCUT2D eigenvalue weighted by atomic mass is 10.2. The Labute approximate surface area is 112 Å². The zero-order chi connectivity index (χ0) is 11.4. The number of phenols is 1. The van der Waals surface area contributed by atoms with Gasteiger partial charge in [-0.15, -0.1) is 12.4 Å². The van der Waals surface area contributed by atoms with E-state index in [0.717, 1.165) is 12.2 Å². The molecule has 17 heavy (non-hydrogen) atoms. The molecule has 4 heteroatoms. The summed E-state index contributed by atoms with van der Waals surface area (Å²) in [6, 6.07) is 15.2. The molecule has 2 rings (SSSR count). The Hall–Kier alpha value is -1.38. The van der Waals surface area contributed by atoms with Crippen molar-refractivity contribution in [1.82, 2.24) is 0 Å². The molecule has 0 radical (unpaired) electrons. The third-order valence-electron chi connectivity index (χ3n) is 2.29. The quantitative estimate of drug-likeness (QED) is 0.824. The number of phenolic OH excluding ortho intramolecular Hbond substituents is 1. The number of aromatic hydroxyl groups is 1. The van der Waals surface area contributed by atoms with E-state index >= 15 is 0 Å². The summed E-state index contributed by atoms with van der Waals surface area (Å²) in [7, 11) is 0. The van der Waals surface area contributed by atoms with E-state index in [1.807, 2.05) is 18.2 Å². The number of anilines is 1. The molecule has 90 valence electrons. The Morgan fingerprint density at radius 3 is 2.41 bits per heavy atom. The molecule has 0 unspecified atom stereocenters. The normalized spacial score (nSPS) is 9.47. The molecule has 0 fully saturated rings. The molecule has 2 aromatic rings. The SMILES string of the molecule is Cl.Oc1ccc(NCc2ccccc2)cc1Cl. The molecule has 0 bridgehead atoms. The fraction of sp³-hybridized carbons (Fsp3) is 0.0769. The summed E-state index contributed by atoms with van der Waals surface area (Å²) in [4.78, 5) is 0. The predicted octanol–water partition coefficient (Wildman–Crippen LogP) is 4.08. The van der Waals surface area contributed by atoms with Crippen LogP contribution in [0.1, 0.15) is 5.56 Å². The van der Waals surface area contributed by atoms with Crippen molar-refractivity contribution in [2.24, 2.45) is 0 Å². The van der Waals surface area contributed by atoms with E-state index in [0.29, 0.717) is 5.02 Å². The summed E-state index contributed by atoms with van der Waals surface area (Å²) in [5.41, 5.74) is 2.10. The molecule has 0 saturated carbocycles. The molecule has 2 aromatic carbocycles. The van der Waals surface area contributed by atoms with E-state index in [1.54, 1.807) is 18.2 Å². The minimum absolute atomic E-state index is 0. The highest BCUT2D eigenvalue weighted by molar-refractivity contribution is 6.32. The number of hydrogen-bond acceptors (Lipinski definition) is 2. The van der Waals surface area contributed by atoms with E-state index < -0.39 is 0 Å². The average molecular weight is 270 g/mol. The second kappa shape index (κ2) is 6.38. The van der Waals surface area contributed by atoms with Crippen molar-refractivity contribution in [2.75, 3.05) is 5.32 Å². The van der Waals surface area contributed by atoms with Crippen molar-refractivity contribution < 1.29 is 5.11 Å². The molecule has 2 N–H and O–H groups in total. The van der Waals surface area contributed by atoms with Crippen LogP contribution in [0.25, 0.3) is 0 Å². The Balaban J connectivity index is 0.00000144. The van der Waals surface area contributed by atoms with Crippen molar-refractivity contribution in [1.29, 1.82) is 0 Å². The lowest BCUT2D eigenvalue weighted by molar-refractivity contribution is 0.475. The first-order chi connectivity index (χ1) is 7.75. The number of halogens is 2. The van der Waals surface area contributed by atoms with E-state index in [4.69, 9.17) is 11.6 Å². The highest BCUT2D eigenvalue weighted by Gasteiger charge is 1.99. The molecule has 0 aliphatic rings. The maximum absolute atomic E-state index is 9.27. The fourth-order valence-electron chi connectivity index (χ4n) is 1.42. The first kappa shape index (κ1) is 13.7. The van der Waals surface area contributed by atoms with Gasteiger partial charge in [0.15, 0.2) is 0 Å². The molecule has 0 saturated heterocycles. The van der Waals surface area contributed by atoms with Crippen LogP contribution in [0.5, 0.6) is 5.75 Å². The second-order valence-corrected chi connectivity index (χ2v) is 3.91. The molecule has 0 aromatic heterocycles. The van der Waals surface area contributed by atoms with Crippen LogP contribution >= 0.6 is 24.0 Å². The van der Waals surface area contributed by atoms with Crippen LogP contribution in [0.2, 0.25) is 5.02 Å². The van der Waals surface area contributed by atoms with Crippen molar-refractivity contribution in [3.05, 3.63) is 59.1 Å². The summed E-state index contributed by atoms with van der Waals surface area (Å²) in [6.07, 6.45) is 0. The zero-order valence-electron chi connectivity index (χ0n) is 9.06. The predicted molar refractivity (Wildman–Crippen MR) is 74.1 cm³/mol. The summed E-state index contributed by atoms with van der Waals surface area (Å²) in [5.74, 6) is 0.104. The van der Waals surface area contributed by atoms with Crippen LogP contribution in [0, 0.1) is 0 Å². The van der Waals surface area contributed by atoms with Crippen molar-refractivity contribution in [3.8, 4) is 5.75 Å². The van der Waals surface area contributed by atoms with Crippen molar-refractivity contribution in [3.63, 3.8) is 0 Å². The summed E-state index contributed by atoms with van der Waals surface area (Å²) in [5, 5.41) is 12.9. The van der Waals surface area contributed by atoms with Gasteiger partial charge in [0, 0.05) is 12.2 Å². The molecule has 2 nitrogen and oxygen atoms in total. The summed E-state index contributed by atoms with van der Waals surface area (Å²) < 4.78 is 0. The average Bonchev–Trinajstić information content (AvgIpc) is 2.32. The van der Waals surface area contributed by atoms with Crippen LogP contribution in [0.4, 0.5) is 5.69 Å². The van der Waals surface area contributed by atoms with E-state index in [9.17, 15) is 5.11 Å². The topological polar surface area (TPSA) is 32.3 Å². The van der Waals surface area contributed by atoms with Crippen molar-refractivity contribution >= 4 is 29.7 Å². The zero-order valence-corrected chi connectivity index (χ0v) is 10.6. The van der Waals surface area contributed by atoms with E-state index in [2.05, 4.69) is 17.4 Å². The first-order valence-electron chi connectivity index (χ1n) is 5.02. The van der Waals surface area contributed by atoms with Gasteiger partial charge >= 0.3 is 0 Å². The van der Waals surface area contributed by atoms with Crippen LogP contribution < -0.4 is 5.32 Å². The second-order valence-electron chi connectivity index (χ2n) is 3.51. The largest absolute Gasteiger partial charge is 0.506 e. The monoisotopic (exact) mass is 269 g/mol. The lowest BCUT2D eigenvalue weighted by Crippen LogP contribution is -1.98. The fourth-order valence-corrected chi connectivity index (χ4v) is 1.60. The highest BCUT2D eigenvalue weighted by atomic mass is 35.5. The van der Waals surface area contributed by atoms with Gasteiger partial charge in [0.25, 0.3) is 0 Å². The van der Waals surface area contributed by atoms with Gasteiger partial charge in [0.1, 0.15) is 5.75 Å². The van der Waals surface area contributed by atoms with Gasteiger partial charge in [-0.2, -0.15) is 0 Å². The molecule has 0 heterocycles. The van der Waals surface area contributed by atoms with Crippen LogP contribution in [0.3, 0.4) is 0 Å². The van der Waals surface area contributed by atoms with Gasteiger partial charge in [-0.25, -0.2) is 0 Å². The Kier molecular flexibility index (Phi) is 5.13. The molecule has 0 aliphatic carbocycles. The van der Waals surface area contributed by atoms with Crippen LogP contribution in [0.15, 0.2) is 48.5 Å². The van der Waals surface area contributed by atoms with Gasteiger partial charge in [-0.1, -0.05) is 41.9 Å². The standard InChI is InChI=1S/C13H12ClNO.ClH/c14-12-8-11(6-7-13(12)16)15-9-10-4-2-1-3-5-10;/h1-8,15-16H,9H2;1H. The highest BCUT2D eigenvalue weighted by Crippen LogP contribution is 2.26. The molecule has 0 atom stereocenters. The Morgan fingerprint density at radius 2 is 1.76 bits per heavy atom. The molecule has 0 amide bonds. The molecular formula is C13H13Cl2NO.